The molecular formula is C14H24O2. The minimum absolute atomic E-state index is 0.724. The number of aliphatic hydroxyl groups is 1. The van der Waals surface area contributed by atoms with Crippen LogP contribution >= 0.6 is 0 Å². The lowest BCUT2D eigenvalue weighted by Crippen LogP contribution is -2.19. The molecule has 1 aromatic heterocycles. The Morgan fingerprint density at radius 2 is 1.88 bits per heavy atom. The largest absolute Gasteiger partial charge is 0.472 e. The molecule has 0 saturated heterocycles. The normalized spacial score (nSPS) is 14.9. The Kier molecular flexibility index (Phi) is 5.61. The van der Waals surface area contributed by atoms with Crippen LogP contribution in [-0.2, 0) is 5.60 Å². The molecule has 0 aromatic carbocycles. The number of hydrogen-bond donors (Lipinski definition) is 1. The summed E-state index contributed by atoms with van der Waals surface area (Å²) in [4.78, 5) is 0. The zero-order valence-electron chi connectivity index (χ0n) is 10.5. The van der Waals surface area contributed by atoms with E-state index >= 15 is 0 Å². The van der Waals surface area contributed by atoms with E-state index in [1.165, 1.54) is 32.1 Å². The second-order valence-electron chi connectivity index (χ2n) is 4.80. The lowest BCUT2D eigenvalue weighted by molar-refractivity contribution is 0.0442. The summed E-state index contributed by atoms with van der Waals surface area (Å²) in [5.41, 5.74) is 0.165. The maximum atomic E-state index is 10.2. The standard InChI is InChI=1S/C14H24O2/c1-3-4-5-6-7-8-10-14(2,15)13-9-11-16-12-13/h9,11-12,15H,3-8,10H2,1-2H3. The molecule has 0 aliphatic heterocycles. The van der Waals surface area contributed by atoms with Gasteiger partial charge in [-0.25, -0.2) is 0 Å². The third-order valence-electron chi connectivity index (χ3n) is 3.16. The van der Waals surface area contributed by atoms with E-state index < -0.39 is 5.60 Å². The lowest BCUT2D eigenvalue weighted by Gasteiger charge is -2.21. The molecule has 1 N–H and O–H groups in total. The van der Waals surface area contributed by atoms with Gasteiger partial charge >= 0.3 is 0 Å². The molecule has 0 amide bonds. The summed E-state index contributed by atoms with van der Waals surface area (Å²) in [7, 11) is 0. The van der Waals surface area contributed by atoms with Crippen LogP contribution in [0.2, 0.25) is 0 Å². The van der Waals surface area contributed by atoms with Crippen LogP contribution in [0, 0.1) is 0 Å². The van der Waals surface area contributed by atoms with Gasteiger partial charge in [-0.15, -0.1) is 0 Å². The zero-order chi connectivity index (χ0) is 11.9. The Hall–Kier alpha value is -0.760. The van der Waals surface area contributed by atoms with Crippen molar-refractivity contribution < 1.29 is 9.52 Å². The van der Waals surface area contributed by atoms with Crippen LogP contribution in [0.25, 0.3) is 0 Å². The molecular weight excluding hydrogens is 200 g/mol. The van der Waals surface area contributed by atoms with Crippen molar-refractivity contribution in [3.63, 3.8) is 0 Å². The summed E-state index contributed by atoms with van der Waals surface area (Å²) >= 11 is 0. The van der Waals surface area contributed by atoms with Crippen molar-refractivity contribution in [2.45, 2.75) is 64.4 Å². The summed E-state index contributed by atoms with van der Waals surface area (Å²) < 4.78 is 5.00. The number of furan rings is 1. The molecule has 1 atom stereocenters. The fourth-order valence-corrected chi connectivity index (χ4v) is 1.96. The molecule has 0 spiro atoms. The topological polar surface area (TPSA) is 33.4 Å². The highest BCUT2D eigenvalue weighted by atomic mass is 16.3. The number of rotatable bonds is 8. The van der Waals surface area contributed by atoms with Crippen molar-refractivity contribution in [3.8, 4) is 0 Å². The molecule has 1 unspecified atom stereocenters. The van der Waals surface area contributed by atoms with Crippen molar-refractivity contribution >= 4 is 0 Å². The van der Waals surface area contributed by atoms with Gasteiger partial charge in [0.2, 0.25) is 0 Å². The van der Waals surface area contributed by atoms with E-state index in [2.05, 4.69) is 6.92 Å². The molecule has 0 radical (unpaired) electrons. The maximum absolute atomic E-state index is 10.2. The number of hydrogen-bond acceptors (Lipinski definition) is 2. The van der Waals surface area contributed by atoms with Gasteiger partial charge in [0.1, 0.15) is 0 Å². The molecule has 92 valence electrons. The van der Waals surface area contributed by atoms with Crippen molar-refractivity contribution in [1.82, 2.24) is 0 Å². The van der Waals surface area contributed by atoms with Crippen molar-refractivity contribution in [2.24, 2.45) is 0 Å². The van der Waals surface area contributed by atoms with Crippen molar-refractivity contribution in [2.75, 3.05) is 0 Å². The van der Waals surface area contributed by atoms with Crippen molar-refractivity contribution in [3.05, 3.63) is 24.2 Å². The van der Waals surface area contributed by atoms with Gasteiger partial charge in [-0.2, -0.15) is 0 Å². The Labute approximate surface area is 98.7 Å². The number of unbranched alkanes of at least 4 members (excludes halogenated alkanes) is 5. The molecule has 2 nitrogen and oxygen atoms in total. The molecule has 16 heavy (non-hydrogen) atoms. The Balaban J connectivity index is 2.17. The summed E-state index contributed by atoms with van der Waals surface area (Å²) in [5, 5.41) is 10.2. The van der Waals surface area contributed by atoms with Gasteiger partial charge in [0.15, 0.2) is 0 Å². The van der Waals surface area contributed by atoms with E-state index in [4.69, 9.17) is 4.42 Å². The highest BCUT2D eigenvalue weighted by Crippen LogP contribution is 2.27. The van der Waals surface area contributed by atoms with Gasteiger partial charge < -0.3 is 9.52 Å². The monoisotopic (exact) mass is 224 g/mol. The molecule has 0 saturated carbocycles. The third kappa shape index (κ3) is 4.40. The molecule has 1 rings (SSSR count). The van der Waals surface area contributed by atoms with E-state index in [-0.39, 0.29) is 0 Å². The summed E-state index contributed by atoms with van der Waals surface area (Å²) in [6, 6.07) is 1.84. The predicted octanol–water partition coefficient (Wildman–Crippen LogP) is 4.24. The second kappa shape index (κ2) is 6.74. The highest BCUT2D eigenvalue weighted by molar-refractivity contribution is 5.14. The predicted molar refractivity (Wildman–Crippen MR) is 66.3 cm³/mol. The average Bonchev–Trinajstić information content (AvgIpc) is 2.77. The van der Waals surface area contributed by atoms with E-state index in [9.17, 15) is 5.11 Å². The fraction of sp³-hybridized carbons (Fsp3) is 0.714. The first kappa shape index (κ1) is 13.3. The summed E-state index contributed by atoms with van der Waals surface area (Å²) in [6.45, 7) is 4.09. The van der Waals surface area contributed by atoms with E-state index in [0.29, 0.717) is 0 Å². The molecule has 1 aromatic rings. The Morgan fingerprint density at radius 3 is 2.50 bits per heavy atom. The Morgan fingerprint density at radius 1 is 1.19 bits per heavy atom. The minimum atomic E-state index is -0.724. The van der Waals surface area contributed by atoms with Crippen molar-refractivity contribution in [1.29, 1.82) is 0 Å². The highest BCUT2D eigenvalue weighted by Gasteiger charge is 2.23. The van der Waals surface area contributed by atoms with Gasteiger partial charge in [0.05, 0.1) is 18.1 Å². The first-order chi connectivity index (χ1) is 7.67. The van der Waals surface area contributed by atoms with Gasteiger partial charge in [-0.05, 0) is 19.4 Å². The molecule has 2 heteroatoms. The second-order valence-corrected chi connectivity index (χ2v) is 4.80. The first-order valence-corrected chi connectivity index (χ1v) is 6.42. The average molecular weight is 224 g/mol. The van der Waals surface area contributed by atoms with E-state index in [1.807, 2.05) is 13.0 Å². The van der Waals surface area contributed by atoms with Crippen LogP contribution < -0.4 is 0 Å². The summed E-state index contributed by atoms with van der Waals surface area (Å²) in [5.74, 6) is 0. The fourth-order valence-electron chi connectivity index (χ4n) is 1.96. The van der Waals surface area contributed by atoms with Crippen LogP contribution in [0.4, 0.5) is 0 Å². The van der Waals surface area contributed by atoms with Gasteiger partial charge in [0.25, 0.3) is 0 Å². The van der Waals surface area contributed by atoms with Gasteiger partial charge in [-0.3, -0.25) is 0 Å². The molecule has 0 bridgehead atoms. The zero-order valence-corrected chi connectivity index (χ0v) is 10.5. The van der Waals surface area contributed by atoms with Gasteiger partial charge in [-0.1, -0.05) is 45.4 Å². The maximum Gasteiger partial charge on any atom is 0.0963 e. The van der Waals surface area contributed by atoms with Crippen LogP contribution in [0.1, 0.15) is 64.4 Å². The van der Waals surface area contributed by atoms with Crippen LogP contribution in [0.15, 0.2) is 23.0 Å². The smallest absolute Gasteiger partial charge is 0.0963 e. The molecule has 0 aliphatic carbocycles. The van der Waals surface area contributed by atoms with Crippen LogP contribution in [0.5, 0.6) is 0 Å². The van der Waals surface area contributed by atoms with E-state index in [1.54, 1.807) is 12.5 Å². The SMILES string of the molecule is CCCCCCCCC(C)(O)c1ccoc1. The quantitative estimate of drug-likeness (QED) is 0.670. The van der Waals surface area contributed by atoms with Crippen LogP contribution in [0.3, 0.4) is 0 Å². The summed E-state index contributed by atoms with van der Waals surface area (Å²) in [6.07, 6.45) is 11.6. The van der Waals surface area contributed by atoms with E-state index in [0.717, 1.165) is 18.4 Å². The molecule has 1 heterocycles. The first-order valence-electron chi connectivity index (χ1n) is 6.42. The molecule has 0 aliphatic rings. The third-order valence-corrected chi connectivity index (χ3v) is 3.16. The van der Waals surface area contributed by atoms with Crippen LogP contribution in [-0.4, -0.2) is 5.11 Å². The Bertz CT molecular complexity index is 262. The lowest BCUT2D eigenvalue weighted by atomic mass is 9.92. The molecule has 0 fully saturated rings. The van der Waals surface area contributed by atoms with Gasteiger partial charge in [0, 0.05) is 5.56 Å². The minimum Gasteiger partial charge on any atom is -0.472 e.